The van der Waals surface area contributed by atoms with Gasteiger partial charge in [0, 0.05) is 0 Å². The van der Waals surface area contributed by atoms with Gasteiger partial charge in [-0.25, -0.2) is 0 Å². The molecule has 0 radical (unpaired) electrons. The van der Waals surface area contributed by atoms with E-state index in [-0.39, 0.29) is 0 Å². The first-order valence-electron chi connectivity index (χ1n) is 8.17. The molecule has 0 aromatic heterocycles. The van der Waals surface area contributed by atoms with Crippen LogP contribution in [0.4, 0.5) is 0 Å². The molecule has 1 rings (SSSR count). The first-order valence-corrected chi connectivity index (χ1v) is 8.17. The Morgan fingerprint density at radius 3 is 2.52 bits per heavy atom. The minimum atomic E-state index is -0.733. The normalized spacial score (nSPS) is 27.9. The van der Waals surface area contributed by atoms with Crippen molar-refractivity contribution in [3.05, 3.63) is 47.1 Å². The second kappa shape index (κ2) is 8.38. The fourth-order valence-corrected chi connectivity index (χ4v) is 2.60. The molecular weight excluding hydrogens is 256 g/mol. The Morgan fingerprint density at radius 2 is 1.86 bits per heavy atom. The van der Waals surface area contributed by atoms with Crippen LogP contribution >= 0.6 is 0 Å². The first kappa shape index (κ1) is 18.0. The van der Waals surface area contributed by atoms with Crippen LogP contribution in [0.15, 0.2) is 47.1 Å². The van der Waals surface area contributed by atoms with Gasteiger partial charge in [-0.2, -0.15) is 0 Å². The van der Waals surface area contributed by atoms with Crippen LogP contribution in [-0.4, -0.2) is 10.7 Å². The van der Waals surface area contributed by atoms with Gasteiger partial charge in [0.05, 0.1) is 5.60 Å². The van der Waals surface area contributed by atoms with Crippen molar-refractivity contribution in [3.8, 4) is 0 Å². The van der Waals surface area contributed by atoms with E-state index in [1.54, 1.807) is 13.8 Å². The monoisotopic (exact) mass is 288 g/mol. The summed E-state index contributed by atoms with van der Waals surface area (Å²) in [7, 11) is 0. The van der Waals surface area contributed by atoms with E-state index in [0.29, 0.717) is 5.92 Å². The van der Waals surface area contributed by atoms with Gasteiger partial charge in [-0.3, -0.25) is 0 Å². The minimum absolute atomic E-state index is 0.604. The summed E-state index contributed by atoms with van der Waals surface area (Å²) in [6, 6.07) is 0. The molecule has 0 spiro atoms. The topological polar surface area (TPSA) is 20.2 Å². The van der Waals surface area contributed by atoms with E-state index in [1.165, 1.54) is 42.4 Å². The molecule has 0 aromatic rings. The summed E-state index contributed by atoms with van der Waals surface area (Å²) in [5, 5.41) is 9.73. The SMILES string of the molecule is C/C1=C\C[C@H](/C(C)=C/C=C/C(C)(C)O)CC/C(C)=C/CC1. The Bertz CT molecular complexity index is 441. The molecular formula is C20H32O. The molecule has 1 aliphatic rings. The molecule has 0 heterocycles. The van der Waals surface area contributed by atoms with Crippen LogP contribution in [-0.2, 0) is 0 Å². The standard InChI is InChI=1S/C20H32O/c1-16-8-6-9-17(2)12-14-19(13-11-16)18(3)10-7-15-20(4,5)21/h7-8,10,12,15,19,21H,6,9,11,13-14H2,1-5H3/b15-7+,16-8+,17-12+,18-10+/t19-/m1/s1. The summed E-state index contributed by atoms with van der Waals surface area (Å²) in [4.78, 5) is 0. The van der Waals surface area contributed by atoms with E-state index in [1.807, 2.05) is 12.2 Å². The highest BCUT2D eigenvalue weighted by atomic mass is 16.3. The number of allylic oxidation sites excluding steroid dienone is 7. The second-order valence-electron chi connectivity index (χ2n) is 7.03. The highest BCUT2D eigenvalue weighted by molar-refractivity contribution is 5.18. The summed E-state index contributed by atoms with van der Waals surface area (Å²) in [6.45, 7) is 10.3. The summed E-state index contributed by atoms with van der Waals surface area (Å²) >= 11 is 0. The van der Waals surface area contributed by atoms with E-state index >= 15 is 0 Å². The van der Waals surface area contributed by atoms with Crippen molar-refractivity contribution in [2.24, 2.45) is 5.92 Å². The fraction of sp³-hybridized carbons (Fsp3) is 0.600. The third kappa shape index (κ3) is 8.06. The zero-order valence-electron chi connectivity index (χ0n) is 14.4. The molecule has 1 atom stereocenters. The van der Waals surface area contributed by atoms with Gasteiger partial charge in [0.15, 0.2) is 0 Å². The number of aliphatic hydroxyl groups is 1. The molecule has 0 aliphatic heterocycles. The smallest absolute Gasteiger partial charge is 0.0774 e. The molecule has 0 amide bonds. The van der Waals surface area contributed by atoms with Crippen molar-refractivity contribution < 1.29 is 5.11 Å². The molecule has 0 saturated heterocycles. The summed E-state index contributed by atoms with van der Waals surface area (Å²) in [6.07, 6.45) is 16.7. The van der Waals surface area contributed by atoms with Gasteiger partial charge in [0.1, 0.15) is 0 Å². The molecule has 0 unspecified atom stereocenters. The van der Waals surface area contributed by atoms with Gasteiger partial charge in [-0.15, -0.1) is 0 Å². The molecule has 1 N–H and O–H groups in total. The summed E-state index contributed by atoms with van der Waals surface area (Å²) in [5.41, 5.74) is 3.70. The Morgan fingerprint density at radius 1 is 1.19 bits per heavy atom. The maximum atomic E-state index is 9.73. The van der Waals surface area contributed by atoms with E-state index in [4.69, 9.17) is 0 Å². The molecule has 0 aromatic carbocycles. The third-order valence-electron chi connectivity index (χ3n) is 4.18. The lowest BCUT2D eigenvalue weighted by Crippen LogP contribution is -2.13. The van der Waals surface area contributed by atoms with Crippen molar-refractivity contribution in [1.82, 2.24) is 0 Å². The van der Waals surface area contributed by atoms with Gasteiger partial charge in [0.2, 0.25) is 0 Å². The average molecular weight is 288 g/mol. The Labute approximate surface area is 131 Å². The van der Waals surface area contributed by atoms with Crippen LogP contribution in [0.5, 0.6) is 0 Å². The first-order chi connectivity index (χ1) is 9.78. The average Bonchev–Trinajstić information content (AvgIpc) is 2.36. The molecule has 0 fully saturated rings. The molecule has 21 heavy (non-hydrogen) atoms. The van der Waals surface area contributed by atoms with E-state index < -0.39 is 5.60 Å². The van der Waals surface area contributed by atoms with Gasteiger partial charge in [-0.1, -0.05) is 47.1 Å². The third-order valence-corrected chi connectivity index (χ3v) is 4.18. The van der Waals surface area contributed by atoms with Crippen molar-refractivity contribution >= 4 is 0 Å². The Kier molecular flexibility index (Phi) is 7.17. The van der Waals surface area contributed by atoms with Gasteiger partial charge in [0.25, 0.3) is 0 Å². The molecule has 1 nitrogen and oxygen atoms in total. The summed E-state index contributed by atoms with van der Waals surface area (Å²) in [5.74, 6) is 0.604. The molecule has 1 heteroatoms. The maximum absolute atomic E-state index is 9.73. The van der Waals surface area contributed by atoms with Crippen LogP contribution in [0.25, 0.3) is 0 Å². The van der Waals surface area contributed by atoms with Crippen molar-refractivity contribution in [1.29, 1.82) is 0 Å². The molecule has 1 aliphatic carbocycles. The molecule has 118 valence electrons. The second-order valence-corrected chi connectivity index (χ2v) is 7.03. The lowest BCUT2D eigenvalue weighted by molar-refractivity contribution is 0.133. The van der Waals surface area contributed by atoms with Crippen molar-refractivity contribution in [3.63, 3.8) is 0 Å². The lowest BCUT2D eigenvalue weighted by atomic mass is 9.88. The van der Waals surface area contributed by atoms with Crippen molar-refractivity contribution in [2.45, 2.75) is 72.3 Å². The number of rotatable bonds is 3. The van der Waals surface area contributed by atoms with Crippen LogP contribution in [0.2, 0.25) is 0 Å². The lowest BCUT2D eigenvalue weighted by Gasteiger charge is -2.18. The quantitative estimate of drug-likeness (QED) is 0.519. The van der Waals surface area contributed by atoms with E-state index in [9.17, 15) is 5.11 Å². The summed E-state index contributed by atoms with van der Waals surface area (Å²) < 4.78 is 0. The fourth-order valence-electron chi connectivity index (χ4n) is 2.60. The molecule has 0 bridgehead atoms. The van der Waals surface area contributed by atoms with Crippen LogP contribution in [0, 0.1) is 5.92 Å². The van der Waals surface area contributed by atoms with Gasteiger partial charge in [-0.05, 0) is 72.6 Å². The van der Waals surface area contributed by atoms with Crippen LogP contribution in [0.1, 0.15) is 66.7 Å². The highest BCUT2D eigenvalue weighted by Gasteiger charge is 2.11. The predicted octanol–water partition coefficient (Wildman–Crippen LogP) is 5.73. The highest BCUT2D eigenvalue weighted by Crippen LogP contribution is 2.26. The largest absolute Gasteiger partial charge is 0.386 e. The van der Waals surface area contributed by atoms with Crippen LogP contribution in [0.3, 0.4) is 0 Å². The van der Waals surface area contributed by atoms with Gasteiger partial charge < -0.3 is 5.11 Å². The van der Waals surface area contributed by atoms with Gasteiger partial charge >= 0.3 is 0 Å². The van der Waals surface area contributed by atoms with E-state index in [2.05, 4.69) is 39.0 Å². The van der Waals surface area contributed by atoms with Crippen LogP contribution < -0.4 is 0 Å². The zero-order valence-corrected chi connectivity index (χ0v) is 14.4. The molecule has 0 saturated carbocycles. The van der Waals surface area contributed by atoms with Crippen molar-refractivity contribution in [2.75, 3.05) is 0 Å². The minimum Gasteiger partial charge on any atom is -0.386 e. The Balaban J connectivity index is 2.79. The zero-order chi connectivity index (χ0) is 15.9. The predicted molar refractivity (Wildman–Crippen MR) is 93.3 cm³/mol. The maximum Gasteiger partial charge on any atom is 0.0774 e. The van der Waals surface area contributed by atoms with E-state index in [0.717, 1.165) is 6.42 Å². The number of hydrogen-bond acceptors (Lipinski definition) is 1. The number of hydrogen-bond donors (Lipinski definition) is 1. The Hall–Kier alpha value is -1.08.